The SMILES string of the molecule is FC(F)(F)C(F)(F)CCCCCCCCCCCCCOC1CCCCO1. The maximum atomic E-state index is 12.7. The van der Waals surface area contributed by atoms with Crippen molar-refractivity contribution in [1.29, 1.82) is 0 Å². The van der Waals surface area contributed by atoms with Gasteiger partial charge < -0.3 is 9.47 Å². The number of hydrogen-bond acceptors (Lipinski definition) is 2. The predicted octanol–water partition coefficient (Wildman–Crippen LogP) is 7.41. The summed E-state index contributed by atoms with van der Waals surface area (Å²) >= 11 is 0. The van der Waals surface area contributed by atoms with Crippen LogP contribution in [0.15, 0.2) is 0 Å². The van der Waals surface area contributed by atoms with Gasteiger partial charge in [0.05, 0.1) is 0 Å². The molecule has 162 valence electrons. The third-order valence-electron chi connectivity index (χ3n) is 4.99. The van der Waals surface area contributed by atoms with Gasteiger partial charge in [-0.3, -0.25) is 0 Å². The minimum Gasteiger partial charge on any atom is -0.353 e. The highest BCUT2D eigenvalue weighted by Gasteiger charge is 2.56. The summed E-state index contributed by atoms with van der Waals surface area (Å²) < 4.78 is 72.6. The molecular formula is C20H35F5O2. The van der Waals surface area contributed by atoms with Crippen LogP contribution >= 0.6 is 0 Å². The molecule has 27 heavy (non-hydrogen) atoms. The van der Waals surface area contributed by atoms with E-state index in [4.69, 9.17) is 9.47 Å². The number of hydrogen-bond donors (Lipinski definition) is 0. The molecular weight excluding hydrogens is 367 g/mol. The largest absolute Gasteiger partial charge is 0.453 e. The summed E-state index contributed by atoms with van der Waals surface area (Å²) in [6, 6.07) is 0. The standard InChI is InChI=1S/C20H35F5O2/c21-19(22,20(23,24)25)15-11-8-6-4-2-1-3-5-7-9-12-16-26-18-14-10-13-17-27-18/h18H,1-17H2. The highest BCUT2D eigenvalue weighted by molar-refractivity contribution is 4.75. The third kappa shape index (κ3) is 11.9. The topological polar surface area (TPSA) is 18.5 Å². The molecule has 0 radical (unpaired) electrons. The van der Waals surface area contributed by atoms with E-state index in [9.17, 15) is 22.0 Å². The van der Waals surface area contributed by atoms with E-state index in [-0.39, 0.29) is 12.7 Å². The second-order valence-corrected chi connectivity index (χ2v) is 7.51. The van der Waals surface area contributed by atoms with Crippen molar-refractivity contribution in [3.8, 4) is 0 Å². The van der Waals surface area contributed by atoms with Crippen LogP contribution in [0.25, 0.3) is 0 Å². The van der Waals surface area contributed by atoms with Crippen LogP contribution in [0, 0.1) is 0 Å². The van der Waals surface area contributed by atoms with E-state index in [2.05, 4.69) is 0 Å². The Hall–Kier alpha value is -0.430. The minimum atomic E-state index is -5.41. The first-order valence-electron chi connectivity index (χ1n) is 10.5. The van der Waals surface area contributed by atoms with Gasteiger partial charge in [0, 0.05) is 19.6 Å². The molecule has 1 heterocycles. The maximum absolute atomic E-state index is 12.7. The van der Waals surface area contributed by atoms with Crippen LogP contribution in [0.2, 0.25) is 0 Å². The smallest absolute Gasteiger partial charge is 0.353 e. The zero-order chi connectivity index (χ0) is 20.0. The molecule has 0 bridgehead atoms. The van der Waals surface area contributed by atoms with Gasteiger partial charge in [-0.15, -0.1) is 0 Å². The van der Waals surface area contributed by atoms with Gasteiger partial charge >= 0.3 is 12.1 Å². The monoisotopic (exact) mass is 402 g/mol. The average molecular weight is 402 g/mol. The number of rotatable bonds is 15. The fraction of sp³-hybridized carbons (Fsp3) is 1.00. The average Bonchev–Trinajstić information content (AvgIpc) is 2.62. The van der Waals surface area contributed by atoms with Crippen molar-refractivity contribution in [3.05, 3.63) is 0 Å². The molecule has 7 heteroatoms. The molecule has 1 saturated heterocycles. The van der Waals surface area contributed by atoms with Gasteiger partial charge in [0.15, 0.2) is 6.29 Å². The molecule has 1 aliphatic rings. The Balaban J connectivity index is 1.78. The summed E-state index contributed by atoms with van der Waals surface area (Å²) in [5.41, 5.74) is 0. The van der Waals surface area contributed by atoms with Gasteiger partial charge in [-0.25, -0.2) is 0 Å². The van der Waals surface area contributed by atoms with Crippen molar-refractivity contribution in [3.63, 3.8) is 0 Å². The second-order valence-electron chi connectivity index (χ2n) is 7.51. The zero-order valence-electron chi connectivity index (χ0n) is 16.3. The van der Waals surface area contributed by atoms with Crippen molar-refractivity contribution in [1.82, 2.24) is 0 Å². The van der Waals surface area contributed by atoms with Gasteiger partial charge in [0.25, 0.3) is 0 Å². The van der Waals surface area contributed by atoms with Crippen LogP contribution in [-0.4, -0.2) is 31.6 Å². The van der Waals surface area contributed by atoms with Gasteiger partial charge in [0.2, 0.25) is 0 Å². The molecule has 0 saturated carbocycles. The lowest BCUT2D eigenvalue weighted by molar-refractivity contribution is -0.284. The summed E-state index contributed by atoms with van der Waals surface area (Å²) in [6.07, 6.45) is 6.68. The second kappa shape index (κ2) is 13.7. The molecule has 1 aliphatic heterocycles. The summed E-state index contributed by atoms with van der Waals surface area (Å²) in [5.74, 6) is -4.54. The lowest BCUT2D eigenvalue weighted by atomic mass is 10.0. The zero-order valence-corrected chi connectivity index (χ0v) is 16.3. The Labute approximate surface area is 160 Å². The number of halogens is 5. The lowest BCUT2D eigenvalue weighted by Crippen LogP contribution is -2.36. The van der Waals surface area contributed by atoms with E-state index in [1.807, 2.05) is 0 Å². The first-order chi connectivity index (χ1) is 12.8. The first-order valence-corrected chi connectivity index (χ1v) is 10.5. The number of unbranched alkanes of at least 4 members (excludes halogenated alkanes) is 10. The van der Waals surface area contributed by atoms with Gasteiger partial charge in [0.1, 0.15) is 0 Å². The van der Waals surface area contributed by atoms with Crippen LogP contribution < -0.4 is 0 Å². The third-order valence-corrected chi connectivity index (χ3v) is 4.99. The molecule has 1 unspecified atom stereocenters. The number of ether oxygens (including phenoxy) is 2. The van der Waals surface area contributed by atoms with Gasteiger partial charge in [-0.1, -0.05) is 57.8 Å². The van der Waals surface area contributed by atoms with Crippen molar-refractivity contribution in [2.45, 2.75) is 115 Å². The van der Waals surface area contributed by atoms with E-state index in [1.165, 1.54) is 19.3 Å². The van der Waals surface area contributed by atoms with Gasteiger partial charge in [-0.05, 0) is 32.1 Å². The van der Waals surface area contributed by atoms with Crippen LogP contribution in [0.3, 0.4) is 0 Å². The van der Waals surface area contributed by atoms with Crippen molar-refractivity contribution in [2.24, 2.45) is 0 Å². The summed E-state index contributed by atoms with van der Waals surface area (Å²) in [4.78, 5) is 0. The Morgan fingerprint density at radius 3 is 1.70 bits per heavy atom. The van der Waals surface area contributed by atoms with E-state index < -0.39 is 18.5 Å². The predicted molar refractivity (Wildman–Crippen MR) is 95.9 cm³/mol. The molecule has 1 atom stereocenters. The molecule has 0 aromatic carbocycles. The van der Waals surface area contributed by atoms with E-state index in [0.29, 0.717) is 6.42 Å². The lowest BCUT2D eigenvalue weighted by Gasteiger charge is -2.22. The van der Waals surface area contributed by atoms with Gasteiger partial charge in [-0.2, -0.15) is 22.0 Å². The fourth-order valence-corrected chi connectivity index (χ4v) is 3.24. The fourth-order valence-electron chi connectivity index (χ4n) is 3.24. The molecule has 0 aromatic heterocycles. The maximum Gasteiger partial charge on any atom is 0.453 e. The molecule has 1 fully saturated rings. The molecule has 0 spiro atoms. The summed E-state index contributed by atoms with van der Waals surface area (Å²) in [6.45, 7) is 1.57. The van der Waals surface area contributed by atoms with Crippen LogP contribution in [0.1, 0.15) is 96.3 Å². The molecule has 2 nitrogen and oxygen atoms in total. The Bertz CT molecular complexity index is 355. The van der Waals surface area contributed by atoms with E-state index >= 15 is 0 Å². The first kappa shape index (κ1) is 24.6. The molecule has 0 amide bonds. The quantitative estimate of drug-likeness (QED) is 0.210. The molecule has 0 N–H and O–H groups in total. The summed E-state index contributed by atoms with van der Waals surface area (Å²) in [5, 5.41) is 0. The van der Waals surface area contributed by atoms with Crippen molar-refractivity contribution in [2.75, 3.05) is 13.2 Å². The normalized spacial score (nSPS) is 18.8. The highest BCUT2D eigenvalue weighted by Crippen LogP contribution is 2.39. The van der Waals surface area contributed by atoms with E-state index in [1.54, 1.807) is 0 Å². The highest BCUT2D eigenvalue weighted by atomic mass is 19.4. The van der Waals surface area contributed by atoms with Crippen LogP contribution in [0.4, 0.5) is 22.0 Å². The Morgan fingerprint density at radius 1 is 0.704 bits per heavy atom. The molecule has 0 aliphatic carbocycles. The number of alkyl halides is 5. The minimum absolute atomic E-state index is 0.00144. The molecule has 1 rings (SSSR count). The Morgan fingerprint density at radius 2 is 1.22 bits per heavy atom. The van der Waals surface area contributed by atoms with E-state index in [0.717, 1.165) is 71.0 Å². The van der Waals surface area contributed by atoms with Crippen molar-refractivity contribution >= 4 is 0 Å². The summed E-state index contributed by atoms with van der Waals surface area (Å²) in [7, 11) is 0. The van der Waals surface area contributed by atoms with Crippen LogP contribution in [-0.2, 0) is 9.47 Å². The Kier molecular flexibility index (Phi) is 12.5. The molecule has 0 aromatic rings. The van der Waals surface area contributed by atoms with Crippen molar-refractivity contribution < 1.29 is 31.4 Å². The van der Waals surface area contributed by atoms with Crippen LogP contribution in [0.5, 0.6) is 0 Å².